The zero-order valence-electron chi connectivity index (χ0n) is 37.0. The Kier molecular flexibility index (Phi) is 38.5. The van der Waals surface area contributed by atoms with Gasteiger partial charge in [0, 0.05) is 19.3 Å². The van der Waals surface area contributed by atoms with Gasteiger partial charge in [-0.3, -0.25) is 14.4 Å². The van der Waals surface area contributed by atoms with Crippen LogP contribution in [0.25, 0.3) is 0 Å². The molecule has 54 heavy (non-hydrogen) atoms. The van der Waals surface area contributed by atoms with E-state index < -0.39 is 6.10 Å². The van der Waals surface area contributed by atoms with E-state index in [0.29, 0.717) is 19.3 Å². The minimum Gasteiger partial charge on any atom is -0.462 e. The van der Waals surface area contributed by atoms with Gasteiger partial charge in [-0.1, -0.05) is 215 Å². The van der Waals surface area contributed by atoms with Crippen LogP contribution in [0.3, 0.4) is 0 Å². The standard InChI is InChI=1S/C48H92O6/c1-7-44(6)36-30-24-20-21-26-32-38-47(50)53-41-45(54-48(51)39-33-27-19-15-11-13-17-23-29-35-43(4)5)40-52-46(49)37-31-25-18-14-10-8-9-12-16-22-28-34-42(2)3/h42-45H,7-41H2,1-6H3/t44?,45-/m1/s1. The van der Waals surface area contributed by atoms with Crippen molar-refractivity contribution in [3.63, 3.8) is 0 Å². The maximum absolute atomic E-state index is 12.7. The summed E-state index contributed by atoms with van der Waals surface area (Å²) in [6.45, 7) is 13.6. The second-order valence-corrected chi connectivity index (χ2v) is 17.6. The number of hydrogen-bond acceptors (Lipinski definition) is 6. The van der Waals surface area contributed by atoms with Crippen molar-refractivity contribution in [2.75, 3.05) is 13.2 Å². The van der Waals surface area contributed by atoms with Gasteiger partial charge < -0.3 is 14.2 Å². The zero-order valence-corrected chi connectivity index (χ0v) is 37.0. The summed E-state index contributed by atoms with van der Waals surface area (Å²) >= 11 is 0. The molecule has 0 aliphatic rings. The monoisotopic (exact) mass is 765 g/mol. The number of carbonyl (C=O) groups excluding carboxylic acids is 3. The Bertz CT molecular complexity index is 839. The highest BCUT2D eigenvalue weighted by atomic mass is 16.6. The summed E-state index contributed by atoms with van der Waals surface area (Å²) in [6, 6.07) is 0. The molecule has 0 saturated carbocycles. The van der Waals surface area contributed by atoms with Crippen LogP contribution in [0, 0.1) is 17.8 Å². The number of ether oxygens (including phenoxy) is 3. The van der Waals surface area contributed by atoms with Crippen molar-refractivity contribution in [2.45, 2.75) is 260 Å². The molecule has 0 aliphatic carbocycles. The molecule has 0 aliphatic heterocycles. The van der Waals surface area contributed by atoms with Crippen LogP contribution in [0.15, 0.2) is 0 Å². The first kappa shape index (κ1) is 52.4. The molecule has 1 unspecified atom stereocenters. The summed E-state index contributed by atoms with van der Waals surface area (Å²) in [7, 11) is 0. The van der Waals surface area contributed by atoms with Crippen molar-refractivity contribution in [1.29, 1.82) is 0 Å². The predicted octanol–water partition coefficient (Wildman–Crippen LogP) is 14.8. The van der Waals surface area contributed by atoms with E-state index in [4.69, 9.17) is 14.2 Å². The lowest BCUT2D eigenvalue weighted by atomic mass is 10.00. The predicted molar refractivity (Wildman–Crippen MR) is 229 cm³/mol. The van der Waals surface area contributed by atoms with Crippen LogP contribution >= 0.6 is 0 Å². The Balaban J connectivity index is 4.34. The van der Waals surface area contributed by atoms with E-state index >= 15 is 0 Å². The van der Waals surface area contributed by atoms with Gasteiger partial charge >= 0.3 is 17.9 Å². The minimum atomic E-state index is -0.762. The van der Waals surface area contributed by atoms with Crippen LogP contribution in [0.1, 0.15) is 253 Å². The van der Waals surface area contributed by atoms with Gasteiger partial charge in [0.05, 0.1) is 0 Å². The van der Waals surface area contributed by atoms with E-state index in [1.54, 1.807) is 0 Å². The maximum Gasteiger partial charge on any atom is 0.306 e. The summed E-state index contributed by atoms with van der Waals surface area (Å²) in [6.07, 6.45) is 36.6. The Morgan fingerprint density at radius 1 is 0.370 bits per heavy atom. The topological polar surface area (TPSA) is 78.9 Å². The average Bonchev–Trinajstić information content (AvgIpc) is 3.14. The van der Waals surface area contributed by atoms with Crippen molar-refractivity contribution < 1.29 is 28.6 Å². The third-order valence-corrected chi connectivity index (χ3v) is 11.0. The van der Waals surface area contributed by atoms with Crippen LogP contribution in [-0.4, -0.2) is 37.2 Å². The summed E-state index contributed by atoms with van der Waals surface area (Å²) in [5.74, 6) is 1.58. The number of esters is 3. The van der Waals surface area contributed by atoms with Gasteiger partial charge in [0.25, 0.3) is 0 Å². The van der Waals surface area contributed by atoms with Crippen molar-refractivity contribution in [2.24, 2.45) is 17.8 Å². The number of hydrogen-bond donors (Lipinski definition) is 0. The van der Waals surface area contributed by atoms with E-state index in [-0.39, 0.29) is 31.1 Å². The van der Waals surface area contributed by atoms with Gasteiger partial charge in [0.2, 0.25) is 0 Å². The van der Waals surface area contributed by atoms with Crippen LogP contribution in [-0.2, 0) is 28.6 Å². The fourth-order valence-electron chi connectivity index (χ4n) is 7.02. The molecule has 0 heterocycles. The molecular formula is C48H92O6. The average molecular weight is 765 g/mol. The van der Waals surface area contributed by atoms with Crippen molar-refractivity contribution in [3.05, 3.63) is 0 Å². The van der Waals surface area contributed by atoms with Gasteiger partial charge in [-0.2, -0.15) is 0 Å². The highest BCUT2D eigenvalue weighted by Crippen LogP contribution is 2.17. The van der Waals surface area contributed by atoms with Gasteiger partial charge in [0.15, 0.2) is 6.10 Å². The smallest absolute Gasteiger partial charge is 0.306 e. The molecule has 0 spiro atoms. The molecule has 2 atom stereocenters. The molecule has 0 amide bonds. The molecule has 0 aromatic heterocycles. The Labute approximate surface area is 336 Å². The normalized spacial score (nSPS) is 12.7. The van der Waals surface area contributed by atoms with Crippen LogP contribution in [0.4, 0.5) is 0 Å². The number of rotatable bonds is 41. The number of carbonyl (C=O) groups is 3. The van der Waals surface area contributed by atoms with Gasteiger partial charge in [-0.15, -0.1) is 0 Å². The fourth-order valence-corrected chi connectivity index (χ4v) is 7.02. The lowest BCUT2D eigenvalue weighted by Gasteiger charge is -2.18. The van der Waals surface area contributed by atoms with Gasteiger partial charge in [-0.25, -0.2) is 0 Å². The van der Waals surface area contributed by atoms with E-state index in [9.17, 15) is 14.4 Å². The summed E-state index contributed by atoms with van der Waals surface area (Å²) in [5.41, 5.74) is 0. The highest BCUT2D eigenvalue weighted by molar-refractivity contribution is 5.71. The molecule has 0 N–H and O–H groups in total. The molecule has 0 radical (unpaired) electrons. The fraction of sp³-hybridized carbons (Fsp3) is 0.938. The summed E-state index contributed by atoms with van der Waals surface area (Å²) in [5, 5.41) is 0. The van der Waals surface area contributed by atoms with Crippen molar-refractivity contribution in [1.82, 2.24) is 0 Å². The lowest BCUT2D eigenvalue weighted by Crippen LogP contribution is -2.30. The van der Waals surface area contributed by atoms with Crippen molar-refractivity contribution in [3.8, 4) is 0 Å². The molecule has 0 bridgehead atoms. The molecule has 0 aromatic rings. The molecular weight excluding hydrogens is 673 g/mol. The molecule has 6 nitrogen and oxygen atoms in total. The summed E-state index contributed by atoms with van der Waals surface area (Å²) < 4.78 is 16.7. The SMILES string of the molecule is CCC(C)CCCCCCCCC(=O)OC[C@@H](COC(=O)CCCCCCCCCCCCCC(C)C)OC(=O)CCCCCCCCCCCC(C)C. The third-order valence-electron chi connectivity index (χ3n) is 11.0. The maximum atomic E-state index is 12.7. The molecule has 0 fully saturated rings. The van der Waals surface area contributed by atoms with Gasteiger partial charge in [-0.05, 0) is 37.0 Å². The van der Waals surface area contributed by atoms with Crippen molar-refractivity contribution >= 4 is 17.9 Å². The minimum absolute atomic E-state index is 0.0663. The Morgan fingerprint density at radius 3 is 0.963 bits per heavy atom. The largest absolute Gasteiger partial charge is 0.462 e. The quantitative estimate of drug-likeness (QED) is 0.0350. The van der Waals surface area contributed by atoms with Crippen LogP contribution < -0.4 is 0 Å². The molecule has 0 rings (SSSR count). The lowest BCUT2D eigenvalue weighted by molar-refractivity contribution is -0.167. The molecule has 6 heteroatoms. The second-order valence-electron chi connectivity index (χ2n) is 17.6. The van der Waals surface area contributed by atoms with E-state index in [0.717, 1.165) is 75.5 Å². The van der Waals surface area contributed by atoms with Crippen LogP contribution in [0.5, 0.6) is 0 Å². The first-order valence-electron chi connectivity index (χ1n) is 23.6. The third kappa shape index (κ3) is 40.1. The molecule has 0 aromatic carbocycles. The second kappa shape index (κ2) is 39.6. The Hall–Kier alpha value is -1.59. The molecule has 0 saturated heterocycles. The highest BCUT2D eigenvalue weighted by Gasteiger charge is 2.19. The van der Waals surface area contributed by atoms with E-state index in [2.05, 4.69) is 41.5 Å². The first-order chi connectivity index (χ1) is 26.1. The Morgan fingerprint density at radius 2 is 0.648 bits per heavy atom. The van der Waals surface area contributed by atoms with Crippen LogP contribution in [0.2, 0.25) is 0 Å². The van der Waals surface area contributed by atoms with Gasteiger partial charge in [0.1, 0.15) is 13.2 Å². The zero-order chi connectivity index (χ0) is 39.9. The van der Waals surface area contributed by atoms with E-state index in [1.165, 1.54) is 135 Å². The number of unbranched alkanes of at least 4 members (excludes halogenated alkanes) is 23. The van der Waals surface area contributed by atoms with E-state index in [1.807, 2.05) is 0 Å². The summed E-state index contributed by atoms with van der Waals surface area (Å²) in [4.78, 5) is 37.8. The molecule has 320 valence electrons. The first-order valence-corrected chi connectivity index (χ1v) is 23.6.